The van der Waals surface area contributed by atoms with Crippen molar-refractivity contribution in [3.05, 3.63) is 42.0 Å². The fourth-order valence-corrected chi connectivity index (χ4v) is 1.97. The van der Waals surface area contributed by atoms with Gasteiger partial charge in [-0.2, -0.15) is 0 Å². The van der Waals surface area contributed by atoms with Crippen LogP contribution >= 0.6 is 0 Å². The summed E-state index contributed by atoms with van der Waals surface area (Å²) in [5.41, 5.74) is 7.92. The van der Waals surface area contributed by atoms with E-state index in [-0.39, 0.29) is 11.3 Å². The third kappa shape index (κ3) is 2.51. The topological polar surface area (TPSA) is 81.8 Å². The zero-order valence-corrected chi connectivity index (χ0v) is 11.2. The molecule has 5 heteroatoms. The lowest BCUT2D eigenvalue weighted by Crippen LogP contribution is -2.03. The number of methoxy groups -OCH3 is 2. The molecule has 0 aliphatic rings. The second-order valence-electron chi connectivity index (χ2n) is 4.19. The number of ether oxygens (including phenoxy) is 2. The van der Waals surface area contributed by atoms with Crippen molar-refractivity contribution in [1.82, 2.24) is 0 Å². The first-order valence-corrected chi connectivity index (χ1v) is 5.92. The van der Waals surface area contributed by atoms with Crippen LogP contribution in [0.15, 0.2) is 36.4 Å². The molecule has 0 bridgehead atoms. The van der Waals surface area contributed by atoms with E-state index in [0.717, 1.165) is 11.1 Å². The molecule has 0 aliphatic carbocycles. The van der Waals surface area contributed by atoms with Crippen LogP contribution < -0.4 is 15.2 Å². The molecule has 0 aromatic heterocycles. The van der Waals surface area contributed by atoms with Crippen LogP contribution in [0.3, 0.4) is 0 Å². The maximum atomic E-state index is 11.3. The molecule has 2 aromatic rings. The van der Waals surface area contributed by atoms with Crippen LogP contribution in [0.1, 0.15) is 10.4 Å². The van der Waals surface area contributed by atoms with E-state index in [1.165, 1.54) is 14.2 Å². The highest BCUT2D eigenvalue weighted by molar-refractivity contribution is 5.94. The van der Waals surface area contributed by atoms with Crippen molar-refractivity contribution in [3.63, 3.8) is 0 Å². The third-order valence-corrected chi connectivity index (χ3v) is 2.95. The summed E-state index contributed by atoms with van der Waals surface area (Å²) >= 11 is 0. The fourth-order valence-electron chi connectivity index (χ4n) is 1.97. The molecule has 0 saturated carbocycles. The van der Waals surface area contributed by atoms with Crippen LogP contribution in [0, 0.1) is 0 Å². The van der Waals surface area contributed by atoms with Gasteiger partial charge in [-0.15, -0.1) is 0 Å². The minimum absolute atomic E-state index is 0.0543. The van der Waals surface area contributed by atoms with Crippen LogP contribution in [0.4, 0.5) is 5.69 Å². The summed E-state index contributed by atoms with van der Waals surface area (Å²) in [5.74, 6) is -0.490. The van der Waals surface area contributed by atoms with Gasteiger partial charge in [0, 0.05) is 5.69 Å². The normalized spacial score (nSPS) is 10.1. The summed E-state index contributed by atoms with van der Waals surface area (Å²) in [4.78, 5) is 11.3. The number of benzene rings is 2. The van der Waals surface area contributed by atoms with Gasteiger partial charge in [0.25, 0.3) is 0 Å². The molecule has 2 rings (SSSR count). The van der Waals surface area contributed by atoms with E-state index in [1.54, 1.807) is 24.3 Å². The molecule has 0 amide bonds. The van der Waals surface area contributed by atoms with Crippen LogP contribution in [-0.4, -0.2) is 25.3 Å². The largest absolute Gasteiger partial charge is 0.493 e. The number of aromatic carboxylic acids is 1. The van der Waals surface area contributed by atoms with E-state index in [1.807, 2.05) is 12.1 Å². The number of carboxylic acid groups (broad SMARTS) is 1. The summed E-state index contributed by atoms with van der Waals surface area (Å²) in [7, 11) is 2.88. The second-order valence-corrected chi connectivity index (χ2v) is 4.19. The van der Waals surface area contributed by atoms with Gasteiger partial charge in [-0.1, -0.05) is 12.1 Å². The predicted molar refractivity (Wildman–Crippen MR) is 76.4 cm³/mol. The number of rotatable bonds is 4. The lowest BCUT2D eigenvalue weighted by molar-refractivity contribution is 0.0692. The predicted octanol–water partition coefficient (Wildman–Crippen LogP) is 2.65. The number of nitrogen functional groups attached to an aromatic ring is 1. The minimum atomic E-state index is -1.07. The van der Waals surface area contributed by atoms with Crippen LogP contribution in [0.25, 0.3) is 11.1 Å². The van der Waals surface area contributed by atoms with Crippen LogP contribution in [-0.2, 0) is 0 Å². The molecule has 0 aliphatic heterocycles. The van der Waals surface area contributed by atoms with Crippen molar-refractivity contribution in [2.75, 3.05) is 20.0 Å². The van der Waals surface area contributed by atoms with Crippen LogP contribution in [0.2, 0.25) is 0 Å². The van der Waals surface area contributed by atoms with E-state index in [2.05, 4.69) is 0 Å². The first kappa shape index (κ1) is 13.7. The SMILES string of the molecule is COc1cc(-c2ccc(N)cc2)cc(C(=O)O)c1OC. The number of anilines is 1. The zero-order valence-electron chi connectivity index (χ0n) is 11.2. The first-order chi connectivity index (χ1) is 9.56. The standard InChI is InChI=1S/C15H15NO4/c1-19-13-8-10(9-3-5-11(16)6-4-9)7-12(15(17)18)14(13)20-2/h3-8H,16H2,1-2H3,(H,17,18). The molecule has 0 unspecified atom stereocenters. The number of hydrogen-bond acceptors (Lipinski definition) is 4. The van der Waals surface area contributed by atoms with E-state index in [4.69, 9.17) is 15.2 Å². The van der Waals surface area contributed by atoms with Crippen molar-refractivity contribution < 1.29 is 19.4 Å². The number of carboxylic acids is 1. The van der Waals surface area contributed by atoms with Crippen molar-refractivity contribution in [3.8, 4) is 22.6 Å². The number of carbonyl (C=O) groups is 1. The Morgan fingerprint density at radius 3 is 2.20 bits per heavy atom. The van der Waals surface area contributed by atoms with Crippen molar-refractivity contribution in [1.29, 1.82) is 0 Å². The summed E-state index contributed by atoms with van der Waals surface area (Å²) in [5, 5.41) is 9.28. The summed E-state index contributed by atoms with van der Waals surface area (Å²) in [6, 6.07) is 10.4. The molecule has 0 atom stereocenters. The van der Waals surface area contributed by atoms with Crippen molar-refractivity contribution in [2.24, 2.45) is 0 Å². The zero-order chi connectivity index (χ0) is 14.7. The van der Waals surface area contributed by atoms with E-state index in [9.17, 15) is 9.90 Å². The minimum Gasteiger partial charge on any atom is -0.493 e. The highest BCUT2D eigenvalue weighted by Gasteiger charge is 2.18. The molecule has 3 N–H and O–H groups in total. The van der Waals surface area contributed by atoms with Gasteiger partial charge in [0.15, 0.2) is 11.5 Å². The number of nitrogens with two attached hydrogens (primary N) is 1. The molecule has 20 heavy (non-hydrogen) atoms. The Morgan fingerprint density at radius 2 is 1.70 bits per heavy atom. The van der Waals surface area contributed by atoms with Gasteiger partial charge in [0.2, 0.25) is 0 Å². The molecule has 0 radical (unpaired) electrons. The molecule has 5 nitrogen and oxygen atoms in total. The summed E-state index contributed by atoms with van der Waals surface area (Å²) < 4.78 is 10.3. The van der Waals surface area contributed by atoms with Crippen molar-refractivity contribution >= 4 is 11.7 Å². The van der Waals surface area contributed by atoms with E-state index >= 15 is 0 Å². The smallest absolute Gasteiger partial charge is 0.339 e. The Morgan fingerprint density at radius 1 is 1.05 bits per heavy atom. The lowest BCUT2D eigenvalue weighted by Gasteiger charge is -2.13. The second kappa shape index (κ2) is 5.52. The average molecular weight is 273 g/mol. The molecule has 0 heterocycles. The Kier molecular flexibility index (Phi) is 3.79. The molecule has 2 aromatic carbocycles. The quantitative estimate of drug-likeness (QED) is 0.837. The maximum absolute atomic E-state index is 11.3. The Labute approximate surface area is 116 Å². The number of hydrogen-bond donors (Lipinski definition) is 2. The van der Waals surface area contributed by atoms with Gasteiger partial charge < -0.3 is 20.3 Å². The summed E-state index contributed by atoms with van der Waals surface area (Å²) in [6.45, 7) is 0. The van der Waals surface area contributed by atoms with E-state index in [0.29, 0.717) is 11.4 Å². The van der Waals surface area contributed by atoms with Gasteiger partial charge >= 0.3 is 5.97 Å². The lowest BCUT2D eigenvalue weighted by atomic mass is 10.0. The average Bonchev–Trinajstić information content (AvgIpc) is 2.46. The Bertz CT molecular complexity index is 635. The van der Waals surface area contributed by atoms with Crippen molar-refractivity contribution in [2.45, 2.75) is 0 Å². The Hall–Kier alpha value is -2.69. The molecule has 104 valence electrons. The first-order valence-electron chi connectivity index (χ1n) is 5.92. The van der Waals surface area contributed by atoms with Gasteiger partial charge in [-0.05, 0) is 35.4 Å². The highest BCUT2D eigenvalue weighted by Crippen LogP contribution is 2.36. The van der Waals surface area contributed by atoms with Gasteiger partial charge in [-0.3, -0.25) is 0 Å². The molecular weight excluding hydrogens is 258 g/mol. The van der Waals surface area contributed by atoms with Gasteiger partial charge in [0.1, 0.15) is 5.56 Å². The fraction of sp³-hybridized carbons (Fsp3) is 0.133. The van der Waals surface area contributed by atoms with Crippen LogP contribution in [0.5, 0.6) is 11.5 Å². The maximum Gasteiger partial charge on any atom is 0.339 e. The molecule has 0 fully saturated rings. The monoisotopic (exact) mass is 273 g/mol. The summed E-state index contributed by atoms with van der Waals surface area (Å²) in [6.07, 6.45) is 0. The van der Waals surface area contributed by atoms with E-state index < -0.39 is 5.97 Å². The molecule has 0 spiro atoms. The third-order valence-electron chi connectivity index (χ3n) is 2.95. The molecular formula is C15H15NO4. The molecule has 0 saturated heterocycles. The van der Waals surface area contributed by atoms with Gasteiger partial charge in [0.05, 0.1) is 14.2 Å². The van der Waals surface area contributed by atoms with Gasteiger partial charge in [-0.25, -0.2) is 4.79 Å². The highest BCUT2D eigenvalue weighted by atomic mass is 16.5. The Balaban J connectivity index is 2.63.